The molecule has 0 aromatic heterocycles. The monoisotopic (exact) mass is 348 g/mol. The van der Waals surface area contributed by atoms with Gasteiger partial charge >= 0.3 is 5.97 Å². The highest BCUT2D eigenvalue weighted by molar-refractivity contribution is 7.98. The Kier molecular flexibility index (Phi) is 12.4. The zero-order valence-corrected chi connectivity index (χ0v) is 14.4. The highest BCUT2D eigenvalue weighted by atomic mass is 32.2. The fourth-order valence-corrected chi connectivity index (χ4v) is 2.31. The van der Waals surface area contributed by atoms with Gasteiger partial charge in [0.15, 0.2) is 0 Å². The first-order chi connectivity index (χ1) is 10.9. The number of amides is 2. The minimum Gasteiger partial charge on any atom is -0.481 e. The Morgan fingerprint density at radius 3 is 2.43 bits per heavy atom. The van der Waals surface area contributed by atoms with E-state index in [0.29, 0.717) is 25.1 Å². The largest absolute Gasteiger partial charge is 0.481 e. The van der Waals surface area contributed by atoms with E-state index in [1.54, 1.807) is 11.8 Å². The summed E-state index contributed by atoms with van der Waals surface area (Å²) in [5.74, 6) is -1.05. The number of carboxylic acid groups (broad SMARTS) is 1. The van der Waals surface area contributed by atoms with Crippen LogP contribution < -0.4 is 22.1 Å². The summed E-state index contributed by atoms with van der Waals surface area (Å²) in [6, 6.07) is -1.38. The van der Waals surface area contributed by atoms with Crippen molar-refractivity contribution >= 4 is 29.5 Å². The van der Waals surface area contributed by atoms with Crippen molar-refractivity contribution in [3.63, 3.8) is 0 Å². The summed E-state index contributed by atoms with van der Waals surface area (Å²) in [5.41, 5.74) is 11.2. The third-order valence-electron chi connectivity index (χ3n) is 3.19. The van der Waals surface area contributed by atoms with Crippen molar-refractivity contribution in [1.82, 2.24) is 10.6 Å². The first-order valence-electron chi connectivity index (χ1n) is 7.66. The third-order valence-corrected chi connectivity index (χ3v) is 3.83. The highest BCUT2D eigenvalue weighted by Crippen LogP contribution is 2.03. The smallest absolute Gasteiger partial charge is 0.305 e. The van der Waals surface area contributed by atoms with E-state index in [0.717, 1.165) is 12.8 Å². The number of thioether (sulfide) groups is 1. The second-order valence-corrected chi connectivity index (χ2v) is 6.15. The molecule has 0 fully saturated rings. The van der Waals surface area contributed by atoms with E-state index < -0.39 is 18.1 Å². The van der Waals surface area contributed by atoms with Gasteiger partial charge in [-0.25, -0.2) is 0 Å². The lowest BCUT2D eigenvalue weighted by molar-refractivity contribution is -0.137. The Morgan fingerprint density at radius 1 is 1.17 bits per heavy atom. The van der Waals surface area contributed by atoms with Gasteiger partial charge < -0.3 is 27.2 Å². The van der Waals surface area contributed by atoms with Gasteiger partial charge in [0, 0.05) is 6.54 Å². The summed E-state index contributed by atoms with van der Waals surface area (Å²) in [6.07, 6.45) is 4.27. The summed E-state index contributed by atoms with van der Waals surface area (Å²) in [4.78, 5) is 34.6. The van der Waals surface area contributed by atoms with Crippen molar-refractivity contribution in [2.75, 3.05) is 25.1 Å². The molecule has 0 saturated heterocycles. The molecule has 0 aliphatic carbocycles. The maximum absolute atomic E-state index is 12.1. The molecule has 0 aromatic carbocycles. The zero-order valence-electron chi connectivity index (χ0n) is 13.5. The van der Waals surface area contributed by atoms with Crippen molar-refractivity contribution < 1.29 is 19.5 Å². The molecule has 0 aromatic rings. The maximum atomic E-state index is 12.1. The van der Waals surface area contributed by atoms with Crippen molar-refractivity contribution in [2.24, 2.45) is 11.5 Å². The van der Waals surface area contributed by atoms with Crippen LogP contribution in [-0.2, 0) is 14.4 Å². The Hall–Kier alpha value is -1.32. The molecule has 23 heavy (non-hydrogen) atoms. The second-order valence-electron chi connectivity index (χ2n) is 5.17. The van der Waals surface area contributed by atoms with Crippen LogP contribution in [-0.4, -0.2) is 60.1 Å². The van der Waals surface area contributed by atoms with Gasteiger partial charge in [0.1, 0.15) is 6.04 Å². The number of nitrogens with two attached hydrogens (primary N) is 2. The standard InChI is InChI=1S/C14H28N4O4S/c1-23-9-6-11(14(22)17-8-5-12(19)20)18-13(21)10(16)4-2-3-7-15/h10-11H,2-9,15-16H2,1H3,(H,17,22)(H,18,21)(H,19,20)/t10-,11-/m0/s1. The number of rotatable bonds is 13. The maximum Gasteiger partial charge on any atom is 0.305 e. The van der Waals surface area contributed by atoms with Crippen LogP contribution in [0.1, 0.15) is 32.1 Å². The van der Waals surface area contributed by atoms with Crippen molar-refractivity contribution in [3.8, 4) is 0 Å². The normalized spacial score (nSPS) is 13.2. The third kappa shape index (κ3) is 10.9. The molecule has 0 aliphatic heterocycles. The predicted molar refractivity (Wildman–Crippen MR) is 91.1 cm³/mol. The van der Waals surface area contributed by atoms with Crippen LogP contribution in [0.2, 0.25) is 0 Å². The summed E-state index contributed by atoms with van der Waals surface area (Å²) in [7, 11) is 0. The molecule has 2 atom stereocenters. The van der Waals surface area contributed by atoms with Crippen LogP contribution in [0, 0.1) is 0 Å². The van der Waals surface area contributed by atoms with Crippen LogP contribution >= 0.6 is 11.8 Å². The van der Waals surface area contributed by atoms with Crippen molar-refractivity contribution in [2.45, 2.75) is 44.2 Å². The minimum atomic E-state index is -0.989. The van der Waals surface area contributed by atoms with E-state index in [1.165, 1.54) is 0 Å². The molecule has 0 unspecified atom stereocenters. The van der Waals surface area contributed by atoms with E-state index in [1.807, 2.05) is 6.26 Å². The van der Waals surface area contributed by atoms with Gasteiger partial charge in [-0.1, -0.05) is 6.42 Å². The van der Waals surface area contributed by atoms with Gasteiger partial charge in [-0.2, -0.15) is 11.8 Å². The molecular formula is C14H28N4O4S. The molecule has 0 bridgehead atoms. The first-order valence-corrected chi connectivity index (χ1v) is 9.06. The Bertz CT molecular complexity index is 382. The first kappa shape index (κ1) is 21.7. The number of hydrogen-bond donors (Lipinski definition) is 5. The predicted octanol–water partition coefficient (Wildman–Crippen LogP) is -0.728. The summed E-state index contributed by atoms with van der Waals surface area (Å²) in [6.45, 7) is 0.582. The van der Waals surface area contributed by atoms with E-state index in [2.05, 4.69) is 10.6 Å². The molecule has 0 aliphatic rings. The lowest BCUT2D eigenvalue weighted by Crippen LogP contribution is -2.52. The van der Waals surface area contributed by atoms with Gasteiger partial charge in [-0.3, -0.25) is 14.4 Å². The fraction of sp³-hybridized carbons (Fsp3) is 0.786. The number of carboxylic acids is 1. The van der Waals surface area contributed by atoms with Crippen molar-refractivity contribution in [1.29, 1.82) is 0 Å². The van der Waals surface area contributed by atoms with Crippen LogP contribution in [0.25, 0.3) is 0 Å². The quantitative estimate of drug-likeness (QED) is 0.276. The SMILES string of the molecule is CSCC[C@H](NC(=O)[C@@H](N)CCCCN)C(=O)NCCC(=O)O. The summed E-state index contributed by atoms with van der Waals surface area (Å²) >= 11 is 1.56. The Balaban J connectivity index is 4.42. The molecule has 9 heteroatoms. The summed E-state index contributed by atoms with van der Waals surface area (Å²) in [5, 5.41) is 13.7. The van der Waals surface area contributed by atoms with Crippen LogP contribution in [0.5, 0.6) is 0 Å². The highest BCUT2D eigenvalue weighted by Gasteiger charge is 2.23. The molecule has 0 spiro atoms. The molecule has 134 valence electrons. The van der Waals surface area contributed by atoms with Gasteiger partial charge in [0.25, 0.3) is 0 Å². The van der Waals surface area contributed by atoms with E-state index in [9.17, 15) is 14.4 Å². The van der Waals surface area contributed by atoms with Crippen LogP contribution in [0.4, 0.5) is 0 Å². The molecule has 8 nitrogen and oxygen atoms in total. The lowest BCUT2D eigenvalue weighted by atomic mass is 10.1. The molecule has 0 saturated carbocycles. The Labute approximate surface area is 141 Å². The number of carbonyl (C=O) groups excluding carboxylic acids is 2. The van der Waals surface area contributed by atoms with Crippen molar-refractivity contribution in [3.05, 3.63) is 0 Å². The molecule has 0 radical (unpaired) electrons. The van der Waals surface area contributed by atoms with Crippen LogP contribution in [0.3, 0.4) is 0 Å². The number of nitrogens with one attached hydrogen (secondary N) is 2. The van der Waals surface area contributed by atoms with Crippen LogP contribution in [0.15, 0.2) is 0 Å². The minimum absolute atomic E-state index is 0.0301. The lowest BCUT2D eigenvalue weighted by Gasteiger charge is -2.20. The fourth-order valence-electron chi connectivity index (χ4n) is 1.84. The zero-order chi connectivity index (χ0) is 17.7. The molecule has 2 amide bonds. The van der Waals surface area contributed by atoms with Gasteiger partial charge in [0.2, 0.25) is 11.8 Å². The summed E-state index contributed by atoms with van der Waals surface area (Å²) < 4.78 is 0. The molecule has 7 N–H and O–H groups in total. The topological polar surface area (TPSA) is 148 Å². The molecule has 0 heterocycles. The van der Waals surface area contributed by atoms with Gasteiger partial charge in [0.05, 0.1) is 12.5 Å². The number of carbonyl (C=O) groups is 3. The number of hydrogen-bond acceptors (Lipinski definition) is 6. The average molecular weight is 348 g/mol. The van der Waals surface area contributed by atoms with Gasteiger partial charge in [-0.15, -0.1) is 0 Å². The number of unbranched alkanes of at least 4 members (excludes halogenated alkanes) is 1. The van der Waals surface area contributed by atoms with E-state index >= 15 is 0 Å². The Morgan fingerprint density at radius 2 is 1.87 bits per heavy atom. The second kappa shape index (κ2) is 13.1. The molecular weight excluding hydrogens is 320 g/mol. The number of aliphatic carboxylic acids is 1. The van der Waals surface area contributed by atoms with E-state index in [-0.39, 0.29) is 24.8 Å². The molecule has 0 rings (SSSR count). The van der Waals surface area contributed by atoms with Gasteiger partial charge in [-0.05, 0) is 37.8 Å². The average Bonchev–Trinajstić information content (AvgIpc) is 2.50. The van der Waals surface area contributed by atoms with E-state index in [4.69, 9.17) is 16.6 Å².